The largest absolute Gasteiger partial charge is 0.378 e. The fraction of sp³-hybridized carbons (Fsp3) is 0.619. The Morgan fingerprint density at radius 2 is 1.91 bits per heavy atom. The number of ether oxygens (including phenoxy) is 1. The van der Waals surface area contributed by atoms with Crippen LogP contribution in [0.4, 0.5) is 5.69 Å². The average molecular weight is 494 g/mol. The van der Waals surface area contributed by atoms with Crippen molar-refractivity contribution in [2.24, 2.45) is 13.0 Å². The number of hydrogen-bond acceptors (Lipinski definition) is 7. The van der Waals surface area contributed by atoms with Crippen LogP contribution in [0.1, 0.15) is 35.9 Å². The van der Waals surface area contributed by atoms with Gasteiger partial charge in [0, 0.05) is 39.8 Å². The number of carbonyl (C=O) groups excluding carboxylic acids is 2. The number of nitrogens with zero attached hydrogens (tertiary/aromatic N) is 6. The van der Waals surface area contributed by atoms with E-state index in [1.165, 1.54) is 21.4 Å². The van der Waals surface area contributed by atoms with Crippen LogP contribution in [0.2, 0.25) is 0 Å². The molecule has 12 nitrogen and oxygen atoms in total. The molecular formula is C21H31N7O5S. The standard InChI is InChI=1S/C21H31N7O5S/c1-4-28-19(21(30)26-8-10-33-11-9-26)17(12-23-28)24-20(29)16-6-5-7-27(14-16)34(31,32)18-13-22-25(3)15(18)2/h12-13,16H,4-11,14H2,1-3H3,(H,24,29). The summed E-state index contributed by atoms with van der Waals surface area (Å²) < 4.78 is 36.1. The number of rotatable bonds is 6. The molecule has 2 aromatic heterocycles. The summed E-state index contributed by atoms with van der Waals surface area (Å²) in [5.74, 6) is -1.08. The van der Waals surface area contributed by atoms with Gasteiger partial charge in [-0.3, -0.25) is 19.0 Å². The first kappa shape index (κ1) is 24.4. The molecule has 13 heteroatoms. The van der Waals surface area contributed by atoms with Gasteiger partial charge < -0.3 is 15.0 Å². The molecule has 186 valence electrons. The molecule has 0 radical (unpaired) electrons. The van der Waals surface area contributed by atoms with Crippen molar-refractivity contribution in [3.05, 3.63) is 23.8 Å². The maximum atomic E-state index is 13.2. The van der Waals surface area contributed by atoms with Crippen LogP contribution in [0.15, 0.2) is 17.3 Å². The van der Waals surface area contributed by atoms with Gasteiger partial charge in [-0.15, -0.1) is 0 Å². The van der Waals surface area contributed by atoms with Gasteiger partial charge in [0.15, 0.2) is 0 Å². The predicted octanol–water partition coefficient (Wildman–Crippen LogP) is 0.457. The van der Waals surface area contributed by atoms with Crippen LogP contribution in [-0.2, 0) is 33.1 Å². The van der Waals surface area contributed by atoms with Gasteiger partial charge in [-0.2, -0.15) is 14.5 Å². The number of aromatic nitrogens is 4. The summed E-state index contributed by atoms with van der Waals surface area (Å²) in [5.41, 5.74) is 1.21. The number of hydrogen-bond donors (Lipinski definition) is 1. The first-order chi connectivity index (χ1) is 16.2. The maximum absolute atomic E-state index is 13.2. The van der Waals surface area contributed by atoms with E-state index in [1.807, 2.05) is 6.92 Å². The Hall–Kier alpha value is -2.77. The van der Waals surface area contributed by atoms with E-state index >= 15 is 0 Å². The van der Waals surface area contributed by atoms with E-state index in [0.717, 1.165) is 0 Å². The molecule has 0 aromatic carbocycles. The van der Waals surface area contributed by atoms with Crippen molar-refractivity contribution in [3.63, 3.8) is 0 Å². The van der Waals surface area contributed by atoms with Crippen molar-refractivity contribution in [2.45, 2.75) is 38.1 Å². The third kappa shape index (κ3) is 4.59. The lowest BCUT2D eigenvalue weighted by molar-refractivity contribution is -0.120. The van der Waals surface area contributed by atoms with Crippen LogP contribution in [0.5, 0.6) is 0 Å². The molecule has 2 aliphatic heterocycles. The average Bonchev–Trinajstić information content (AvgIpc) is 3.41. The van der Waals surface area contributed by atoms with E-state index in [-0.39, 0.29) is 23.3 Å². The molecule has 2 aromatic rings. The Morgan fingerprint density at radius 1 is 1.18 bits per heavy atom. The van der Waals surface area contributed by atoms with Gasteiger partial charge >= 0.3 is 0 Å². The molecule has 1 N–H and O–H groups in total. The minimum absolute atomic E-state index is 0.0666. The third-order valence-electron chi connectivity index (χ3n) is 6.46. The molecule has 0 saturated carbocycles. The Balaban J connectivity index is 1.50. The molecule has 0 bridgehead atoms. The van der Waals surface area contributed by atoms with Gasteiger partial charge in [0.1, 0.15) is 10.6 Å². The zero-order valence-corrected chi connectivity index (χ0v) is 20.5. The number of sulfonamides is 1. The summed E-state index contributed by atoms with van der Waals surface area (Å²) in [5, 5.41) is 11.1. The summed E-state index contributed by atoms with van der Waals surface area (Å²) in [6, 6.07) is 0. The number of nitrogens with one attached hydrogen (secondary N) is 1. The lowest BCUT2D eigenvalue weighted by Gasteiger charge is -2.31. The fourth-order valence-electron chi connectivity index (χ4n) is 4.34. The minimum atomic E-state index is -3.77. The third-order valence-corrected chi connectivity index (χ3v) is 8.43. The van der Waals surface area contributed by atoms with Gasteiger partial charge in [-0.05, 0) is 26.7 Å². The molecule has 4 rings (SSSR count). The van der Waals surface area contributed by atoms with Gasteiger partial charge in [0.2, 0.25) is 15.9 Å². The van der Waals surface area contributed by atoms with E-state index in [2.05, 4.69) is 15.5 Å². The molecule has 34 heavy (non-hydrogen) atoms. The quantitative estimate of drug-likeness (QED) is 0.618. The molecule has 1 unspecified atom stereocenters. The van der Waals surface area contributed by atoms with E-state index in [0.29, 0.717) is 69.3 Å². The molecule has 0 spiro atoms. The first-order valence-corrected chi connectivity index (χ1v) is 12.9. The zero-order valence-electron chi connectivity index (χ0n) is 19.7. The van der Waals surface area contributed by atoms with Crippen molar-refractivity contribution in [1.82, 2.24) is 28.8 Å². The first-order valence-electron chi connectivity index (χ1n) is 11.5. The van der Waals surface area contributed by atoms with E-state index in [9.17, 15) is 18.0 Å². The van der Waals surface area contributed by atoms with Gasteiger partial charge in [0.05, 0.1) is 42.9 Å². The number of amides is 2. The smallest absolute Gasteiger partial charge is 0.274 e. The van der Waals surface area contributed by atoms with Crippen LogP contribution in [0.25, 0.3) is 0 Å². The highest BCUT2D eigenvalue weighted by molar-refractivity contribution is 7.89. The van der Waals surface area contributed by atoms with E-state index < -0.39 is 15.9 Å². The van der Waals surface area contributed by atoms with Crippen LogP contribution < -0.4 is 5.32 Å². The van der Waals surface area contributed by atoms with Gasteiger partial charge in [-0.25, -0.2) is 8.42 Å². The number of morpholine rings is 1. The van der Waals surface area contributed by atoms with E-state index in [1.54, 1.807) is 23.6 Å². The molecule has 2 aliphatic rings. The molecule has 2 fully saturated rings. The number of piperidine rings is 1. The summed E-state index contributed by atoms with van der Waals surface area (Å²) in [6.45, 7) is 6.35. The summed E-state index contributed by atoms with van der Waals surface area (Å²) in [4.78, 5) is 28.2. The number of aryl methyl sites for hydroxylation is 2. The normalized spacial score (nSPS) is 19.9. The predicted molar refractivity (Wildman–Crippen MR) is 123 cm³/mol. The molecule has 0 aliphatic carbocycles. The molecular weight excluding hydrogens is 462 g/mol. The monoisotopic (exact) mass is 493 g/mol. The second kappa shape index (κ2) is 9.84. The highest BCUT2D eigenvalue weighted by Gasteiger charge is 2.36. The SMILES string of the molecule is CCn1ncc(NC(=O)C2CCCN(S(=O)(=O)c3cnn(C)c3C)C2)c1C(=O)N1CCOCC1. The van der Waals surface area contributed by atoms with Crippen molar-refractivity contribution in [2.75, 3.05) is 44.7 Å². The second-order valence-corrected chi connectivity index (χ2v) is 10.4. The number of carbonyl (C=O) groups is 2. The topological polar surface area (TPSA) is 132 Å². The van der Waals surface area contributed by atoms with Crippen molar-refractivity contribution < 1.29 is 22.7 Å². The minimum Gasteiger partial charge on any atom is -0.378 e. The van der Waals surface area contributed by atoms with Crippen LogP contribution in [-0.4, -0.2) is 88.4 Å². The Kier molecular flexibility index (Phi) is 7.05. The summed E-state index contributed by atoms with van der Waals surface area (Å²) >= 11 is 0. The van der Waals surface area contributed by atoms with Crippen molar-refractivity contribution in [3.8, 4) is 0 Å². The van der Waals surface area contributed by atoms with Crippen molar-refractivity contribution in [1.29, 1.82) is 0 Å². The molecule has 2 amide bonds. The highest BCUT2D eigenvalue weighted by Crippen LogP contribution is 2.27. The number of anilines is 1. The molecule has 4 heterocycles. The molecule has 2 saturated heterocycles. The van der Waals surface area contributed by atoms with Crippen molar-refractivity contribution >= 4 is 27.5 Å². The summed E-state index contributed by atoms with van der Waals surface area (Å²) in [7, 11) is -2.08. The van der Waals surface area contributed by atoms with Crippen LogP contribution in [0.3, 0.4) is 0 Å². The Bertz CT molecular complexity index is 1170. The van der Waals surface area contributed by atoms with Gasteiger partial charge in [0.25, 0.3) is 5.91 Å². The second-order valence-electron chi connectivity index (χ2n) is 8.54. The zero-order chi connectivity index (χ0) is 24.5. The Labute approximate surface area is 198 Å². The maximum Gasteiger partial charge on any atom is 0.274 e. The fourth-order valence-corrected chi connectivity index (χ4v) is 6.05. The molecule has 1 atom stereocenters. The van der Waals surface area contributed by atoms with E-state index in [4.69, 9.17) is 4.74 Å². The van der Waals surface area contributed by atoms with Crippen LogP contribution in [0, 0.1) is 12.8 Å². The lowest BCUT2D eigenvalue weighted by Crippen LogP contribution is -2.44. The highest BCUT2D eigenvalue weighted by atomic mass is 32.2. The Morgan fingerprint density at radius 3 is 2.56 bits per heavy atom. The van der Waals surface area contributed by atoms with Gasteiger partial charge in [-0.1, -0.05) is 0 Å². The summed E-state index contributed by atoms with van der Waals surface area (Å²) in [6.07, 6.45) is 3.94. The van der Waals surface area contributed by atoms with Crippen LogP contribution >= 0.6 is 0 Å². The lowest BCUT2D eigenvalue weighted by atomic mass is 9.98.